The van der Waals surface area contributed by atoms with Crippen LogP contribution in [0.15, 0.2) is 0 Å². The summed E-state index contributed by atoms with van der Waals surface area (Å²) in [5.74, 6) is 0. The van der Waals surface area contributed by atoms with Crippen molar-refractivity contribution in [2.45, 2.75) is 19.3 Å². The zero-order valence-electron chi connectivity index (χ0n) is 12.1. The van der Waals surface area contributed by atoms with Crippen molar-refractivity contribution in [2.75, 3.05) is 39.3 Å². The van der Waals surface area contributed by atoms with Crippen molar-refractivity contribution in [1.82, 2.24) is 31.9 Å². The molecule has 3 aliphatic rings. The van der Waals surface area contributed by atoms with Crippen LogP contribution in [0.1, 0.15) is 19.3 Å². The van der Waals surface area contributed by atoms with E-state index in [9.17, 15) is 0 Å². The van der Waals surface area contributed by atoms with E-state index in [2.05, 4.69) is 31.9 Å². The van der Waals surface area contributed by atoms with Crippen LogP contribution in [0, 0.1) is 0 Å². The smallest absolute Gasteiger partial charge is 0.166 e. The van der Waals surface area contributed by atoms with E-state index in [1.165, 1.54) is 19.3 Å². The third-order valence-electron chi connectivity index (χ3n) is 2.80. The van der Waals surface area contributed by atoms with Crippen LogP contribution in [0.3, 0.4) is 0 Å². The molecule has 0 saturated carbocycles. The van der Waals surface area contributed by atoms with Gasteiger partial charge in [0, 0.05) is 39.3 Å². The van der Waals surface area contributed by atoms with Gasteiger partial charge in [0.1, 0.15) is 0 Å². The van der Waals surface area contributed by atoms with Gasteiger partial charge < -0.3 is 31.9 Å². The average Bonchev–Trinajstić information content (AvgIpc) is 2.83. The van der Waals surface area contributed by atoms with Gasteiger partial charge in [-0.15, -0.1) is 0 Å². The molecule has 9 heteroatoms. The standard InChI is InChI=1S/C5H10N2S.C4H8N2S.C3H6N2S/c8-5-6-3-1-2-4-7-5;7-4-5-2-1-3-6-4;6-3-4-1-2-5-3/h1-4H2,(H2,6,7,8);1-3H2,(H2,5,6,7);1-2H2,(H2,4,5,6). The summed E-state index contributed by atoms with van der Waals surface area (Å²) in [5, 5.41) is 20.4. The molecule has 3 aliphatic heterocycles. The molecule has 0 aromatic rings. The van der Waals surface area contributed by atoms with Crippen LogP contribution >= 0.6 is 36.7 Å². The highest BCUT2D eigenvalue weighted by Gasteiger charge is 1.99. The SMILES string of the molecule is S=C1NCCCCN1.S=C1NCCCN1.S=C1NCCN1. The quantitative estimate of drug-likeness (QED) is 0.327. The lowest BCUT2D eigenvalue weighted by Crippen LogP contribution is -2.42. The Hall–Kier alpha value is -0.930. The Kier molecular flexibility index (Phi) is 10.1. The summed E-state index contributed by atoms with van der Waals surface area (Å²) in [7, 11) is 0. The number of rotatable bonds is 0. The van der Waals surface area contributed by atoms with Crippen molar-refractivity contribution >= 4 is 52.0 Å². The summed E-state index contributed by atoms with van der Waals surface area (Å²) in [6.45, 7) is 6.10. The molecular weight excluding hydrogens is 324 g/mol. The van der Waals surface area contributed by atoms with Gasteiger partial charge >= 0.3 is 0 Å². The van der Waals surface area contributed by atoms with E-state index in [4.69, 9.17) is 36.7 Å². The van der Waals surface area contributed by atoms with Crippen molar-refractivity contribution in [3.8, 4) is 0 Å². The predicted molar refractivity (Wildman–Crippen MR) is 99.7 cm³/mol. The van der Waals surface area contributed by atoms with Crippen LogP contribution in [-0.2, 0) is 0 Å². The second-order valence-corrected chi connectivity index (χ2v) is 5.83. The summed E-state index contributed by atoms with van der Waals surface area (Å²) < 4.78 is 0. The van der Waals surface area contributed by atoms with Crippen LogP contribution in [0.5, 0.6) is 0 Å². The van der Waals surface area contributed by atoms with Gasteiger partial charge in [0.05, 0.1) is 0 Å². The number of nitrogens with one attached hydrogen (secondary N) is 6. The topological polar surface area (TPSA) is 72.2 Å². The molecule has 0 atom stereocenters. The Morgan fingerprint density at radius 1 is 0.429 bits per heavy atom. The molecule has 0 aromatic carbocycles. The molecule has 0 spiro atoms. The number of hydrogen-bond donors (Lipinski definition) is 6. The van der Waals surface area contributed by atoms with Gasteiger partial charge in [-0.1, -0.05) is 0 Å². The van der Waals surface area contributed by atoms with Gasteiger partial charge in [-0.05, 0) is 55.9 Å². The zero-order valence-corrected chi connectivity index (χ0v) is 14.5. The summed E-state index contributed by atoms with van der Waals surface area (Å²) in [5.41, 5.74) is 0. The Bertz CT molecular complexity index is 324. The molecule has 0 aromatic heterocycles. The third-order valence-corrected chi connectivity index (χ3v) is 3.66. The van der Waals surface area contributed by atoms with Gasteiger partial charge in [-0.25, -0.2) is 0 Å². The van der Waals surface area contributed by atoms with Crippen LogP contribution in [0.4, 0.5) is 0 Å². The number of thiocarbonyl (C=S) groups is 3. The fourth-order valence-corrected chi connectivity index (χ4v) is 2.30. The first-order chi connectivity index (χ1) is 10.2. The van der Waals surface area contributed by atoms with E-state index in [0.29, 0.717) is 0 Å². The highest BCUT2D eigenvalue weighted by molar-refractivity contribution is 7.80. The van der Waals surface area contributed by atoms with Gasteiger partial charge in [-0.2, -0.15) is 0 Å². The Labute approximate surface area is 142 Å². The maximum absolute atomic E-state index is 4.87. The monoisotopic (exact) mass is 348 g/mol. The lowest BCUT2D eigenvalue weighted by molar-refractivity contribution is 0.680. The first-order valence-corrected chi connectivity index (χ1v) is 8.46. The van der Waals surface area contributed by atoms with E-state index in [1.54, 1.807) is 0 Å². The van der Waals surface area contributed by atoms with Gasteiger partial charge in [-0.3, -0.25) is 0 Å². The van der Waals surface area contributed by atoms with Crippen molar-refractivity contribution in [3.05, 3.63) is 0 Å². The molecule has 3 rings (SSSR count). The first-order valence-electron chi connectivity index (χ1n) is 7.23. The second-order valence-electron chi connectivity index (χ2n) is 4.61. The van der Waals surface area contributed by atoms with Gasteiger partial charge in [0.15, 0.2) is 15.3 Å². The van der Waals surface area contributed by atoms with E-state index >= 15 is 0 Å². The molecule has 0 bridgehead atoms. The van der Waals surface area contributed by atoms with E-state index in [-0.39, 0.29) is 0 Å². The predicted octanol–water partition coefficient (Wildman–Crippen LogP) is -0.437. The van der Waals surface area contributed by atoms with Crippen LogP contribution < -0.4 is 31.9 Å². The molecule has 0 aliphatic carbocycles. The lowest BCUT2D eigenvalue weighted by Gasteiger charge is -2.14. The van der Waals surface area contributed by atoms with E-state index in [0.717, 1.165) is 54.6 Å². The minimum atomic E-state index is 0.787. The molecule has 6 N–H and O–H groups in total. The lowest BCUT2D eigenvalue weighted by atomic mass is 10.3. The number of hydrogen-bond acceptors (Lipinski definition) is 3. The van der Waals surface area contributed by atoms with E-state index < -0.39 is 0 Å². The first kappa shape index (κ1) is 18.1. The minimum Gasteiger partial charge on any atom is -0.363 e. The Morgan fingerprint density at radius 2 is 0.714 bits per heavy atom. The van der Waals surface area contributed by atoms with Crippen LogP contribution in [0.25, 0.3) is 0 Å². The fraction of sp³-hybridized carbons (Fsp3) is 0.750. The van der Waals surface area contributed by atoms with Crippen molar-refractivity contribution in [3.63, 3.8) is 0 Å². The van der Waals surface area contributed by atoms with Crippen molar-refractivity contribution in [1.29, 1.82) is 0 Å². The molecule has 3 fully saturated rings. The summed E-state index contributed by atoms with van der Waals surface area (Å²) in [6, 6.07) is 0. The maximum atomic E-state index is 4.87. The molecule has 120 valence electrons. The molecule has 3 saturated heterocycles. The summed E-state index contributed by atoms with van der Waals surface area (Å²) in [4.78, 5) is 0. The molecular formula is C12H24N6S3. The maximum Gasteiger partial charge on any atom is 0.166 e. The molecule has 21 heavy (non-hydrogen) atoms. The van der Waals surface area contributed by atoms with Gasteiger partial charge in [0.25, 0.3) is 0 Å². The van der Waals surface area contributed by atoms with E-state index in [1.807, 2.05) is 0 Å². The fourth-order valence-electron chi connectivity index (χ4n) is 1.69. The summed E-state index contributed by atoms with van der Waals surface area (Å²) >= 11 is 14.4. The largest absolute Gasteiger partial charge is 0.363 e. The van der Waals surface area contributed by atoms with Crippen molar-refractivity contribution in [2.24, 2.45) is 0 Å². The molecule has 0 radical (unpaired) electrons. The second kappa shape index (κ2) is 11.7. The third kappa shape index (κ3) is 10.4. The zero-order chi connectivity index (χ0) is 15.3. The normalized spacial score (nSPS) is 20.3. The van der Waals surface area contributed by atoms with Crippen LogP contribution in [-0.4, -0.2) is 54.6 Å². The molecule has 6 nitrogen and oxygen atoms in total. The average molecular weight is 349 g/mol. The Balaban J connectivity index is 0.000000159. The highest BCUT2D eigenvalue weighted by Crippen LogP contribution is 1.88. The summed E-state index contributed by atoms with van der Waals surface area (Å²) in [6.07, 6.45) is 3.64. The van der Waals surface area contributed by atoms with Crippen molar-refractivity contribution < 1.29 is 0 Å². The molecule has 3 heterocycles. The van der Waals surface area contributed by atoms with Gasteiger partial charge in [0.2, 0.25) is 0 Å². The highest BCUT2D eigenvalue weighted by atomic mass is 32.1. The van der Waals surface area contributed by atoms with Crippen LogP contribution in [0.2, 0.25) is 0 Å². The molecule has 0 unspecified atom stereocenters. The Morgan fingerprint density at radius 3 is 1.00 bits per heavy atom. The molecule has 0 amide bonds. The minimum absolute atomic E-state index is 0.787.